The number of fused-ring (bicyclic) bond motifs is 2. The lowest BCUT2D eigenvalue weighted by Gasteiger charge is -2.37. The van der Waals surface area contributed by atoms with Gasteiger partial charge in [0.2, 0.25) is 0 Å². The van der Waals surface area contributed by atoms with Crippen LogP contribution in [0.3, 0.4) is 0 Å². The first-order chi connectivity index (χ1) is 15.6. The summed E-state index contributed by atoms with van der Waals surface area (Å²) in [5, 5.41) is 17.2. The molecular weight excluding hydrogens is 440 g/mol. The predicted octanol–water partition coefficient (Wildman–Crippen LogP) is 3.93. The smallest absolute Gasteiger partial charge is 0.353 e. The van der Waals surface area contributed by atoms with E-state index in [0.717, 1.165) is 0 Å². The topological polar surface area (TPSA) is 86.7 Å². The van der Waals surface area contributed by atoms with Crippen molar-refractivity contribution in [2.24, 2.45) is 7.05 Å². The number of anilines is 3. The van der Waals surface area contributed by atoms with Crippen LogP contribution in [-0.2, 0) is 13.2 Å². The summed E-state index contributed by atoms with van der Waals surface area (Å²) >= 11 is 0. The van der Waals surface area contributed by atoms with Crippen LogP contribution < -0.4 is 15.5 Å². The molecule has 0 amide bonds. The van der Waals surface area contributed by atoms with Crippen LogP contribution in [0.4, 0.5) is 34.9 Å². The van der Waals surface area contributed by atoms with Crippen molar-refractivity contribution in [1.29, 1.82) is 0 Å². The zero-order chi connectivity index (χ0) is 23.5. The minimum Gasteiger partial charge on any atom is -0.353 e. The van der Waals surface area contributed by atoms with Gasteiger partial charge >= 0.3 is 6.18 Å². The maximum absolute atomic E-state index is 14.4. The first kappa shape index (κ1) is 21.4. The van der Waals surface area contributed by atoms with E-state index in [1.165, 1.54) is 10.7 Å². The maximum atomic E-state index is 14.4. The van der Waals surface area contributed by atoms with Gasteiger partial charge in [-0.1, -0.05) is 0 Å². The van der Waals surface area contributed by atoms with Gasteiger partial charge in [0.1, 0.15) is 11.3 Å². The molecule has 0 saturated carbocycles. The van der Waals surface area contributed by atoms with Crippen LogP contribution in [0.15, 0.2) is 24.4 Å². The van der Waals surface area contributed by atoms with Gasteiger partial charge in [-0.2, -0.15) is 23.4 Å². The Balaban J connectivity index is 1.58. The largest absolute Gasteiger partial charge is 0.434 e. The Labute approximate surface area is 186 Å². The van der Waals surface area contributed by atoms with Gasteiger partial charge < -0.3 is 15.5 Å². The Morgan fingerprint density at radius 1 is 1.12 bits per heavy atom. The van der Waals surface area contributed by atoms with Gasteiger partial charge in [-0.3, -0.25) is 9.78 Å². The second kappa shape index (κ2) is 7.58. The molecule has 0 radical (unpaired) electrons. The first-order valence-corrected chi connectivity index (χ1v) is 10.5. The van der Waals surface area contributed by atoms with Crippen LogP contribution in [0.2, 0.25) is 0 Å². The highest BCUT2D eigenvalue weighted by atomic mass is 19.4. The van der Waals surface area contributed by atoms with Crippen LogP contribution in [0.25, 0.3) is 21.8 Å². The molecule has 4 heterocycles. The van der Waals surface area contributed by atoms with Crippen molar-refractivity contribution < 1.29 is 17.6 Å². The third-order valence-corrected chi connectivity index (χ3v) is 5.62. The predicted molar refractivity (Wildman–Crippen MR) is 117 cm³/mol. The highest BCUT2D eigenvalue weighted by Crippen LogP contribution is 2.39. The van der Waals surface area contributed by atoms with E-state index in [0.29, 0.717) is 18.5 Å². The fourth-order valence-electron chi connectivity index (χ4n) is 4.42. The molecule has 0 spiro atoms. The molecule has 1 aliphatic heterocycles. The molecule has 12 heteroatoms. The Morgan fingerprint density at radius 3 is 2.55 bits per heavy atom. The van der Waals surface area contributed by atoms with E-state index in [1.54, 1.807) is 25.4 Å². The quantitative estimate of drug-likeness (QED) is 0.400. The molecule has 1 aliphatic rings. The number of hydrogen-bond acceptors (Lipinski definition) is 6. The second-order valence-corrected chi connectivity index (χ2v) is 8.52. The maximum Gasteiger partial charge on any atom is 0.434 e. The summed E-state index contributed by atoms with van der Waals surface area (Å²) in [6, 6.07) is 4.56. The monoisotopic (exact) mass is 462 g/mol. The summed E-state index contributed by atoms with van der Waals surface area (Å²) in [4.78, 5) is 5.83. The summed E-state index contributed by atoms with van der Waals surface area (Å²) in [7, 11) is 1.66. The third kappa shape index (κ3) is 3.94. The van der Waals surface area contributed by atoms with Crippen LogP contribution in [-0.4, -0.2) is 50.1 Å². The lowest BCUT2D eigenvalue weighted by Crippen LogP contribution is -2.54. The number of benzene rings is 1. The molecule has 3 aromatic heterocycles. The van der Waals surface area contributed by atoms with E-state index in [4.69, 9.17) is 0 Å². The molecular formula is C21H22F4N8. The molecule has 5 rings (SSSR count). The summed E-state index contributed by atoms with van der Waals surface area (Å²) in [5.41, 5.74) is -0.426. The summed E-state index contributed by atoms with van der Waals surface area (Å²) in [6.07, 6.45) is -3.09. The van der Waals surface area contributed by atoms with E-state index in [1.807, 2.05) is 18.7 Å². The zero-order valence-electron chi connectivity index (χ0n) is 18.1. The Bertz CT molecular complexity index is 1330. The number of rotatable bonds is 3. The van der Waals surface area contributed by atoms with E-state index < -0.39 is 17.7 Å². The van der Waals surface area contributed by atoms with Crippen molar-refractivity contribution in [3.8, 4) is 0 Å². The summed E-state index contributed by atoms with van der Waals surface area (Å²) in [5.74, 6) is -0.442. The number of pyridine rings is 1. The van der Waals surface area contributed by atoms with Gasteiger partial charge in [0.25, 0.3) is 0 Å². The molecule has 1 fully saturated rings. The van der Waals surface area contributed by atoms with Crippen LogP contribution in [0.5, 0.6) is 0 Å². The number of piperazine rings is 1. The Kier molecular flexibility index (Phi) is 4.92. The number of H-pyrrole nitrogens is 1. The standard InChI is InChI=1S/C21H22F4N8/c1-10-7-33(8-11(2)26-10)16-6-15-17(19(28-16)21(23,24)25)20(30-29-15)27-13-4-12-9-32(3)31-18(12)14(22)5-13/h4-6,9-11,26H,7-8H2,1-3H3,(H2,27,29,30)/t10-,11-/m0/s1. The Morgan fingerprint density at radius 2 is 1.85 bits per heavy atom. The number of aromatic nitrogens is 5. The fourth-order valence-corrected chi connectivity index (χ4v) is 4.42. The fraction of sp³-hybridized carbons (Fsp3) is 0.381. The number of hydrogen-bond donors (Lipinski definition) is 3. The molecule has 1 aromatic carbocycles. The van der Waals surface area contributed by atoms with Crippen molar-refractivity contribution in [2.75, 3.05) is 23.3 Å². The van der Waals surface area contributed by atoms with Crippen molar-refractivity contribution in [2.45, 2.75) is 32.1 Å². The van der Waals surface area contributed by atoms with Crippen LogP contribution in [0.1, 0.15) is 19.5 Å². The minimum atomic E-state index is -4.71. The average Bonchev–Trinajstić information content (AvgIpc) is 3.29. The molecule has 4 aromatic rings. The number of halogens is 4. The van der Waals surface area contributed by atoms with Crippen molar-refractivity contribution in [1.82, 2.24) is 30.3 Å². The summed E-state index contributed by atoms with van der Waals surface area (Å²) in [6.45, 7) is 5.01. The van der Waals surface area contributed by atoms with Gasteiger partial charge in [0.05, 0.1) is 10.9 Å². The zero-order valence-corrected chi connectivity index (χ0v) is 18.1. The van der Waals surface area contributed by atoms with E-state index in [-0.39, 0.29) is 45.8 Å². The number of aromatic amines is 1. The molecule has 174 valence electrons. The van der Waals surface area contributed by atoms with E-state index >= 15 is 0 Å². The highest BCUT2D eigenvalue weighted by molar-refractivity contribution is 5.96. The molecule has 8 nitrogen and oxygen atoms in total. The van der Waals surface area contributed by atoms with Crippen LogP contribution in [0, 0.1) is 5.82 Å². The molecule has 33 heavy (non-hydrogen) atoms. The van der Waals surface area contributed by atoms with Gasteiger partial charge in [-0.25, -0.2) is 9.37 Å². The average molecular weight is 462 g/mol. The lowest BCUT2D eigenvalue weighted by atomic mass is 10.1. The third-order valence-electron chi connectivity index (χ3n) is 5.62. The molecule has 0 unspecified atom stereocenters. The van der Waals surface area contributed by atoms with Gasteiger partial charge in [-0.15, -0.1) is 0 Å². The van der Waals surface area contributed by atoms with Crippen LogP contribution >= 0.6 is 0 Å². The first-order valence-electron chi connectivity index (χ1n) is 10.5. The highest BCUT2D eigenvalue weighted by Gasteiger charge is 2.38. The molecule has 0 aliphatic carbocycles. The van der Waals surface area contributed by atoms with Gasteiger partial charge in [-0.05, 0) is 26.0 Å². The Hall–Kier alpha value is -3.41. The summed E-state index contributed by atoms with van der Waals surface area (Å²) < 4.78 is 58.1. The second-order valence-electron chi connectivity index (χ2n) is 8.52. The molecule has 2 atom stereocenters. The number of nitrogens with one attached hydrogen (secondary N) is 3. The van der Waals surface area contributed by atoms with Crippen molar-refractivity contribution in [3.63, 3.8) is 0 Å². The van der Waals surface area contributed by atoms with Gasteiger partial charge in [0.15, 0.2) is 17.3 Å². The number of nitrogens with zero attached hydrogens (tertiary/aromatic N) is 5. The van der Waals surface area contributed by atoms with Crippen molar-refractivity contribution >= 4 is 39.1 Å². The molecule has 3 N–H and O–H groups in total. The lowest BCUT2D eigenvalue weighted by molar-refractivity contribution is -0.139. The number of alkyl halides is 3. The van der Waals surface area contributed by atoms with Crippen molar-refractivity contribution in [3.05, 3.63) is 35.9 Å². The minimum absolute atomic E-state index is 0.0823. The molecule has 1 saturated heterocycles. The molecule has 0 bridgehead atoms. The SMILES string of the molecule is C[C@H]1CN(c2cc3[nH]nc(Nc4cc(F)c5nn(C)cc5c4)c3c(C(F)(F)F)n2)C[C@H](C)N1. The normalized spacial score (nSPS) is 19.5. The number of aryl methyl sites for hydroxylation is 1. The van der Waals surface area contributed by atoms with Gasteiger partial charge in [0, 0.05) is 55.6 Å². The van der Waals surface area contributed by atoms with E-state index in [2.05, 4.69) is 30.9 Å². The van der Waals surface area contributed by atoms with E-state index in [9.17, 15) is 17.6 Å².